The Labute approximate surface area is 163 Å². The maximum atomic E-state index is 12.9. The molecule has 3 rings (SSSR count). The average molecular weight is 394 g/mol. The summed E-state index contributed by atoms with van der Waals surface area (Å²) in [4.78, 5) is 17.5. The van der Waals surface area contributed by atoms with Crippen LogP contribution in [0.1, 0.15) is 49.9 Å². The van der Waals surface area contributed by atoms with Crippen LogP contribution in [0, 0.1) is 0 Å². The molecule has 0 spiro atoms. The van der Waals surface area contributed by atoms with Gasteiger partial charge < -0.3 is 9.80 Å². The van der Waals surface area contributed by atoms with Gasteiger partial charge in [0.25, 0.3) is 5.91 Å². The molecule has 0 N–H and O–H groups in total. The highest BCUT2D eigenvalue weighted by molar-refractivity contribution is 7.89. The van der Waals surface area contributed by atoms with Crippen LogP contribution in [0.2, 0.25) is 0 Å². The Morgan fingerprint density at radius 3 is 2.30 bits per heavy atom. The summed E-state index contributed by atoms with van der Waals surface area (Å²) < 4.78 is 26.9. The molecular formula is C20H31N3O3S. The zero-order chi connectivity index (χ0) is 19.4. The van der Waals surface area contributed by atoms with Gasteiger partial charge in [-0.05, 0) is 57.0 Å². The summed E-state index contributed by atoms with van der Waals surface area (Å²) >= 11 is 0. The predicted octanol–water partition coefficient (Wildman–Crippen LogP) is 2.42. The predicted molar refractivity (Wildman–Crippen MR) is 106 cm³/mol. The normalized spacial score (nSPS) is 19.7. The van der Waals surface area contributed by atoms with Crippen LogP contribution in [0.5, 0.6) is 0 Å². The molecule has 1 amide bonds. The average Bonchev–Trinajstić information content (AvgIpc) is 3.23. The van der Waals surface area contributed by atoms with E-state index in [0.29, 0.717) is 24.7 Å². The molecule has 2 saturated heterocycles. The minimum Gasteiger partial charge on any atom is -0.339 e. The van der Waals surface area contributed by atoms with Crippen molar-refractivity contribution in [2.45, 2.75) is 50.5 Å². The molecule has 0 unspecified atom stereocenters. The molecule has 0 radical (unpaired) electrons. The second kappa shape index (κ2) is 8.71. The molecule has 2 aliphatic rings. The van der Waals surface area contributed by atoms with Gasteiger partial charge in [0.1, 0.15) is 0 Å². The highest BCUT2D eigenvalue weighted by Gasteiger charge is 2.29. The topological polar surface area (TPSA) is 60.9 Å². The van der Waals surface area contributed by atoms with Crippen LogP contribution in [-0.2, 0) is 10.0 Å². The van der Waals surface area contributed by atoms with E-state index < -0.39 is 10.0 Å². The lowest BCUT2D eigenvalue weighted by atomic mass is 10.0. The van der Waals surface area contributed by atoms with E-state index in [4.69, 9.17) is 0 Å². The van der Waals surface area contributed by atoms with E-state index >= 15 is 0 Å². The van der Waals surface area contributed by atoms with Crippen molar-refractivity contribution in [3.8, 4) is 0 Å². The van der Waals surface area contributed by atoms with Gasteiger partial charge in [-0.15, -0.1) is 0 Å². The molecule has 150 valence electrons. The summed E-state index contributed by atoms with van der Waals surface area (Å²) in [5.74, 6) is -0.0635. The van der Waals surface area contributed by atoms with Crippen molar-refractivity contribution in [3.63, 3.8) is 0 Å². The molecule has 2 fully saturated rings. The van der Waals surface area contributed by atoms with Gasteiger partial charge in [0, 0.05) is 37.8 Å². The van der Waals surface area contributed by atoms with Gasteiger partial charge in [0.2, 0.25) is 10.0 Å². The number of hydrogen-bond donors (Lipinski definition) is 0. The van der Waals surface area contributed by atoms with E-state index in [9.17, 15) is 13.2 Å². The molecule has 0 aliphatic carbocycles. The van der Waals surface area contributed by atoms with E-state index in [0.717, 1.165) is 25.9 Å². The fourth-order valence-electron chi connectivity index (χ4n) is 4.23. The summed E-state index contributed by atoms with van der Waals surface area (Å²) in [6.45, 7) is 8.33. The summed E-state index contributed by atoms with van der Waals surface area (Å²) in [5.41, 5.74) is 0.461. The fourth-order valence-corrected chi connectivity index (χ4v) is 5.73. The standard InChI is InChI=1S/C20H31N3O3S/c1-3-23(4-2)27(25,26)19-9-7-8-17(16-19)20(24)22-14-10-18(11-15-22)21-12-5-6-13-21/h7-9,16,18H,3-6,10-15H2,1-2H3. The van der Waals surface area contributed by atoms with E-state index in [1.54, 1.807) is 18.2 Å². The lowest BCUT2D eigenvalue weighted by Crippen LogP contribution is -2.45. The van der Waals surface area contributed by atoms with Crippen molar-refractivity contribution >= 4 is 15.9 Å². The number of carbonyl (C=O) groups is 1. The van der Waals surface area contributed by atoms with Gasteiger partial charge in [-0.3, -0.25) is 4.79 Å². The Balaban J connectivity index is 1.69. The molecule has 7 heteroatoms. The smallest absolute Gasteiger partial charge is 0.253 e. The Morgan fingerprint density at radius 2 is 1.70 bits per heavy atom. The first-order valence-corrected chi connectivity index (χ1v) is 11.5. The number of benzene rings is 1. The SMILES string of the molecule is CCN(CC)S(=O)(=O)c1cccc(C(=O)N2CCC(N3CCCC3)CC2)c1. The Kier molecular flexibility index (Phi) is 6.55. The second-order valence-corrected chi connectivity index (χ2v) is 9.32. The molecule has 2 heterocycles. The minimum absolute atomic E-state index is 0.0635. The van der Waals surface area contributed by atoms with Gasteiger partial charge in [-0.2, -0.15) is 4.31 Å². The molecule has 6 nitrogen and oxygen atoms in total. The number of rotatable bonds is 6. The summed E-state index contributed by atoms with van der Waals surface area (Å²) in [6.07, 6.45) is 4.58. The van der Waals surface area contributed by atoms with Crippen molar-refractivity contribution < 1.29 is 13.2 Å². The van der Waals surface area contributed by atoms with E-state index in [1.165, 1.54) is 36.3 Å². The number of sulfonamides is 1. The van der Waals surface area contributed by atoms with Crippen LogP contribution in [0.15, 0.2) is 29.2 Å². The number of piperidine rings is 1. The molecular weight excluding hydrogens is 362 g/mol. The largest absolute Gasteiger partial charge is 0.339 e. The molecule has 0 bridgehead atoms. The number of likely N-dealkylation sites (tertiary alicyclic amines) is 2. The molecule has 0 atom stereocenters. The van der Waals surface area contributed by atoms with E-state index in [1.807, 2.05) is 18.7 Å². The highest BCUT2D eigenvalue weighted by Crippen LogP contribution is 2.23. The van der Waals surface area contributed by atoms with Gasteiger partial charge in [0.05, 0.1) is 4.90 Å². The van der Waals surface area contributed by atoms with Crippen LogP contribution in [0.3, 0.4) is 0 Å². The third kappa shape index (κ3) is 4.36. The first kappa shape index (κ1) is 20.3. The molecule has 0 saturated carbocycles. The van der Waals surface area contributed by atoms with E-state index in [2.05, 4.69) is 4.90 Å². The molecule has 1 aromatic rings. The van der Waals surface area contributed by atoms with Crippen molar-refractivity contribution in [1.29, 1.82) is 0 Å². The minimum atomic E-state index is -3.55. The molecule has 27 heavy (non-hydrogen) atoms. The van der Waals surface area contributed by atoms with Crippen LogP contribution < -0.4 is 0 Å². The lowest BCUT2D eigenvalue weighted by Gasteiger charge is -2.36. The number of hydrogen-bond acceptors (Lipinski definition) is 4. The zero-order valence-corrected chi connectivity index (χ0v) is 17.2. The van der Waals surface area contributed by atoms with Crippen LogP contribution in [0.4, 0.5) is 0 Å². The molecule has 2 aliphatic heterocycles. The Bertz CT molecular complexity index is 747. The first-order valence-electron chi connectivity index (χ1n) is 10.1. The summed E-state index contributed by atoms with van der Waals surface area (Å²) in [5, 5.41) is 0. The van der Waals surface area contributed by atoms with Crippen molar-refractivity contribution in [2.24, 2.45) is 0 Å². The van der Waals surface area contributed by atoms with Crippen LogP contribution in [0.25, 0.3) is 0 Å². The van der Waals surface area contributed by atoms with Crippen molar-refractivity contribution in [3.05, 3.63) is 29.8 Å². The van der Waals surface area contributed by atoms with E-state index in [-0.39, 0.29) is 10.8 Å². The number of carbonyl (C=O) groups excluding carboxylic acids is 1. The lowest BCUT2D eigenvalue weighted by molar-refractivity contribution is 0.0644. The second-order valence-electron chi connectivity index (χ2n) is 7.38. The van der Waals surface area contributed by atoms with Crippen LogP contribution in [-0.4, -0.2) is 73.7 Å². The quantitative estimate of drug-likeness (QED) is 0.745. The molecule has 1 aromatic carbocycles. The summed E-state index contributed by atoms with van der Waals surface area (Å²) in [6, 6.07) is 7.08. The van der Waals surface area contributed by atoms with Crippen molar-refractivity contribution in [2.75, 3.05) is 39.3 Å². The Hall–Kier alpha value is -1.44. The monoisotopic (exact) mass is 393 g/mol. The van der Waals surface area contributed by atoms with Crippen molar-refractivity contribution in [1.82, 2.24) is 14.1 Å². The Morgan fingerprint density at radius 1 is 1.07 bits per heavy atom. The highest BCUT2D eigenvalue weighted by atomic mass is 32.2. The fraction of sp³-hybridized carbons (Fsp3) is 0.650. The van der Waals surface area contributed by atoms with Crippen LogP contribution >= 0.6 is 0 Å². The maximum absolute atomic E-state index is 12.9. The van der Waals surface area contributed by atoms with Gasteiger partial charge in [-0.1, -0.05) is 19.9 Å². The maximum Gasteiger partial charge on any atom is 0.253 e. The number of nitrogens with zero attached hydrogens (tertiary/aromatic N) is 3. The third-order valence-electron chi connectivity index (χ3n) is 5.83. The zero-order valence-electron chi connectivity index (χ0n) is 16.4. The third-order valence-corrected chi connectivity index (χ3v) is 7.88. The number of amides is 1. The summed E-state index contributed by atoms with van der Waals surface area (Å²) in [7, 11) is -3.55. The molecule has 0 aromatic heterocycles. The van der Waals surface area contributed by atoms with Gasteiger partial charge in [-0.25, -0.2) is 8.42 Å². The first-order chi connectivity index (χ1) is 13.0. The van der Waals surface area contributed by atoms with Gasteiger partial charge >= 0.3 is 0 Å². The van der Waals surface area contributed by atoms with Gasteiger partial charge in [0.15, 0.2) is 0 Å².